The molecule has 0 spiro atoms. The summed E-state index contributed by atoms with van der Waals surface area (Å²) in [5.74, 6) is 1.51. The Morgan fingerprint density at radius 2 is 2.05 bits per heavy atom. The zero-order valence-electron chi connectivity index (χ0n) is 12.9. The molecule has 0 aliphatic carbocycles. The van der Waals surface area contributed by atoms with Gasteiger partial charge in [0, 0.05) is 24.5 Å². The van der Waals surface area contributed by atoms with E-state index in [1.807, 2.05) is 42.1 Å². The lowest BCUT2D eigenvalue weighted by Crippen LogP contribution is -2.09. The summed E-state index contributed by atoms with van der Waals surface area (Å²) < 4.78 is 12.9. The molecule has 0 atom stereocenters. The van der Waals surface area contributed by atoms with Gasteiger partial charge in [0.1, 0.15) is 0 Å². The van der Waals surface area contributed by atoms with Crippen LogP contribution in [0.3, 0.4) is 0 Å². The highest BCUT2D eigenvalue weighted by Gasteiger charge is 2.06. The van der Waals surface area contributed by atoms with E-state index in [1.165, 1.54) is 5.69 Å². The molecule has 0 saturated carbocycles. The Morgan fingerprint density at radius 1 is 1.19 bits per heavy atom. The quantitative estimate of drug-likeness (QED) is 0.810. The molecule has 0 fully saturated rings. The van der Waals surface area contributed by atoms with Crippen LogP contribution in [0.4, 0.5) is 5.69 Å². The molecule has 5 nitrogen and oxygen atoms in total. The van der Waals surface area contributed by atoms with Crippen molar-refractivity contribution < 1.29 is 9.47 Å². The lowest BCUT2D eigenvalue weighted by atomic mass is 10.2. The number of anilines is 1. The normalized spacial score (nSPS) is 10.4. The van der Waals surface area contributed by atoms with Crippen molar-refractivity contribution in [2.75, 3.05) is 19.0 Å². The molecule has 0 amide bonds. The molecule has 0 unspecified atom stereocenters. The summed E-state index contributed by atoms with van der Waals surface area (Å²) in [6, 6.07) is 7.90. The van der Waals surface area contributed by atoms with Crippen molar-refractivity contribution in [3.63, 3.8) is 0 Å². The smallest absolute Gasteiger partial charge is 0.162 e. The summed E-state index contributed by atoms with van der Waals surface area (Å²) in [6.07, 6.45) is 2.91. The van der Waals surface area contributed by atoms with Crippen molar-refractivity contribution in [2.45, 2.75) is 33.4 Å². The Labute approximate surface area is 125 Å². The topological polar surface area (TPSA) is 48.3 Å². The van der Waals surface area contributed by atoms with Gasteiger partial charge in [-0.15, -0.1) is 0 Å². The monoisotopic (exact) mass is 289 g/mol. The predicted molar refractivity (Wildman–Crippen MR) is 84.0 cm³/mol. The molecule has 0 aliphatic rings. The maximum Gasteiger partial charge on any atom is 0.162 e. The number of aryl methyl sites for hydroxylation is 1. The van der Waals surface area contributed by atoms with Crippen LogP contribution >= 0.6 is 0 Å². The van der Waals surface area contributed by atoms with E-state index >= 15 is 0 Å². The number of rotatable bonds is 8. The number of hydrogen-bond donors (Lipinski definition) is 1. The van der Waals surface area contributed by atoms with Crippen LogP contribution in [0.15, 0.2) is 30.5 Å². The third-order valence-corrected chi connectivity index (χ3v) is 3.18. The van der Waals surface area contributed by atoms with E-state index in [2.05, 4.69) is 17.3 Å². The molecule has 1 N–H and O–H groups in total. The third-order valence-electron chi connectivity index (χ3n) is 3.18. The van der Waals surface area contributed by atoms with Gasteiger partial charge in [-0.2, -0.15) is 5.10 Å². The average molecular weight is 289 g/mol. The molecular formula is C16H23N3O2. The number of methoxy groups -OCH3 is 1. The van der Waals surface area contributed by atoms with Crippen LogP contribution in [-0.4, -0.2) is 23.5 Å². The molecule has 0 radical (unpaired) electrons. The Bertz CT molecular complexity index is 566. The minimum Gasteiger partial charge on any atom is -0.493 e. The molecule has 0 bridgehead atoms. The minimum absolute atomic E-state index is 0.624. The Balaban J connectivity index is 2.04. The molecule has 1 aromatic heterocycles. The Kier molecular flexibility index (Phi) is 5.49. The van der Waals surface area contributed by atoms with Gasteiger partial charge in [0.05, 0.1) is 26.0 Å². The van der Waals surface area contributed by atoms with Gasteiger partial charge in [-0.25, -0.2) is 0 Å². The van der Waals surface area contributed by atoms with Crippen LogP contribution < -0.4 is 14.8 Å². The summed E-state index contributed by atoms with van der Waals surface area (Å²) >= 11 is 0. The summed E-state index contributed by atoms with van der Waals surface area (Å²) in [5, 5.41) is 7.72. The fraction of sp³-hybridized carbons (Fsp3) is 0.438. The number of hydrogen-bond acceptors (Lipinski definition) is 4. The van der Waals surface area contributed by atoms with Gasteiger partial charge in [-0.05, 0) is 31.5 Å². The van der Waals surface area contributed by atoms with Crippen molar-refractivity contribution in [2.24, 2.45) is 0 Å². The van der Waals surface area contributed by atoms with E-state index in [0.717, 1.165) is 36.7 Å². The largest absolute Gasteiger partial charge is 0.493 e. The van der Waals surface area contributed by atoms with Gasteiger partial charge in [-0.3, -0.25) is 4.68 Å². The van der Waals surface area contributed by atoms with Gasteiger partial charge >= 0.3 is 0 Å². The van der Waals surface area contributed by atoms with Crippen LogP contribution in [0.5, 0.6) is 11.5 Å². The van der Waals surface area contributed by atoms with Crippen LogP contribution in [0.1, 0.15) is 26.0 Å². The van der Waals surface area contributed by atoms with Gasteiger partial charge in [0.25, 0.3) is 0 Å². The molecule has 0 saturated heterocycles. The molecule has 2 aromatic rings. The van der Waals surface area contributed by atoms with E-state index in [4.69, 9.17) is 9.47 Å². The van der Waals surface area contributed by atoms with Crippen LogP contribution in [-0.2, 0) is 13.1 Å². The fourth-order valence-corrected chi connectivity index (χ4v) is 2.17. The van der Waals surface area contributed by atoms with E-state index in [1.54, 1.807) is 7.11 Å². The summed E-state index contributed by atoms with van der Waals surface area (Å²) in [6.45, 7) is 6.41. The lowest BCUT2D eigenvalue weighted by molar-refractivity contribution is 0.311. The van der Waals surface area contributed by atoms with Crippen molar-refractivity contribution in [1.82, 2.24) is 9.78 Å². The van der Waals surface area contributed by atoms with Crippen molar-refractivity contribution in [3.8, 4) is 11.5 Å². The molecule has 2 rings (SSSR count). The Morgan fingerprint density at radius 3 is 2.76 bits per heavy atom. The maximum atomic E-state index is 5.52. The lowest BCUT2D eigenvalue weighted by Gasteiger charge is -2.13. The molecule has 114 valence electrons. The second-order valence-corrected chi connectivity index (χ2v) is 4.70. The molecule has 21 heavy (non-hydrogen) atoms. The number of aromatic nitrogens is 2. The molecule has 0 aliphatic heterocycles. The number of ether oxygens (including phenoxy) is 2. The number of nitrogens with zero attached hydrogens (tertiary/aromatic N) is 2. The molecule has 5 heteroatoms. The molecule has 1 heterocycles. The van der Waals surface area contributed by atoms with E-state index in [0.29, 0.717) is 6.61 Å². The molecular weight excluding hydrogens is 266 g/mol. The van der Waals surface area contributed by atoms with Crippen molar-refractivity contribution in [3.05, 3.63) is 36.2 Å². The SMILES string of the molecule is CCCn1nccc1CNc1ccc(OCC)c(OC)c1. The van der Waals surface area contributed by atoms with E-state index in [-0.39, 0.29) is 0 Å². The van der Waals surface area contributed by atoms with Crippen LogP contribution in [0.25, 0.3) is 0 Å². The first-order valence-electron chi connectivity index (χ1n) is 7.33. The third kappa shape index (κ3) is 3.90. The standard InChI is InChI=1S/C16H23N3O2/c1-4-10-19-14(8-9-18-19)12-17-13-6-7-15(21-5-2)16(11-13)20-3/h6-9,11,17H,4-5,10,12H2,1-3H3. The van der Waals surface area contributed by atoms with E-state index < -0.39 is 0 Å². The number of benzene rings is 1. The summed E-state index contributed by atoms with van der Waals surface area (Å²) in [7, 11) is 1.65. The highest BCUT2D eigenvalue weighted by molar-refractivity contribution is 5.54. The zero-order chi connectivity index (χ0) is 15.1. The second-order valence-electron chi connectivity index (χ2n) is 4.70. The van der Waals surface area contributed by atoms with Crippen LogP contribution in [0, 0.1) is 0 Å². The van der Waals surface area contributed by atoms with Gasteiger partial charge in [0.15, 0.2) is 11.5 Å². The van der Waals surface area contributed by atoms with Crippen molar-refractivity contribution >= 4 is 5.69 Å². The maximum absolute atomic E-state index is 5.52. The van der Waals surface area contributed by atoms with Gasteiger partial charge in [-0.1, -0.05) is 6.92 Å². The number of nitrogens with one attached hydrogen (secondary N) is 1. The van der Waals surface area contributed by atoms with E-state index in [9.17, 15) is 0 Å². The Hall–Kier alpha value is -2.17. The van der Waals surface area contributed by atoms with Crippen molar-refractivity contribution in [1.29, 1.82) is 0 Å². The fourth-order valence-electron chi connectivity index (χ4n) is 2.17. The second kappa shape index (κ2) is 7.57. The first-order valence-corrected chi connectivity index (χ1v) is 7.33. The first-order chi connectivity index (χ1) is 10.3. The van der Waals surface area contributed by atoms with Gasteiger partial charge < -0.3 is 14.8 Å². The predicted octanol–water partition coefficient (Wildman–Crippen LogP) is 3.31. The highest BCUT2D eigenvalue weighted by atomic mass is 16.5. The summed E-state index contributed by atoms with van der Waals surface area (Å²) in [5.41, 5.74) is 2.17. The first kappa shape index (κ1) is 15.2. The highest BCUT2D eigenvalue weighted by Crippen LogP contribution is 2.30. The summed E-state index contributed by atoms with van der Waals surface area (Å²) in [4.78, 5) is 0. The zero-order valence-corrected chi connectivity index (χ0v) is 12.9. The minimum atomic E-state index is 0.624. The van der Waals surface area contributed by atoms with Gasteiger partial charge in [0.2, 0.25) is 0 Å². The average Bonchev–Trinajstić information content (AvgIpc) is 2.94. The van der Waals surface area contributed by atoms with Crippen LogP contribution in [0.2, 0.25) is 0 Å². The molecule has 1 aromatic carbocycles.